The summed E-state index contributed by atoms with van der Waals surface area (Å²) >= 11 is 0. The van der Waals surface area contributed by atoms with E-state index in [4.69, 9.17) is 4.52 Å². The van der Waals surface area contributed by atoms with Crippen molar-refractivity contribution in [2.24, 2.45) is 5.92 Å². The van der Waals surface area contributed by atoms with Crippen molar-refractivity contribution in [1.29, 1.82) is 0 Å². The largest absolute Gasteiger partial charge is 0.361 e. The molecule has 2 amide bonds. The molecule has 2 rings (SSSR count). The van der Waals surface area contributed by atoms with Crippen molar-refractivity contribution in [2.45, 2.75) is 58.5 Å². The predicted molar refractivity (Wildman–Crippen MR) is 94.9 cm³/mol. The lowest BCUT2D eigenvalue weighted by molar-refractivity contribution is 0.0757. The number of nitrogens with one attached hydrogen (secondary N) is 1. The zero-order chi connectivity index (χ0) is 17.9. The second-order valence-corrected chi connectivity index (χ2v) is 7.64. The van der Waals surface area contributed by atoms with Crippen LogP contribution < -0.4 is 5.32 Å². The first kappa shape index (κ1) is 18.8. The number of amides is 2. The molecule has 1 aliphatic carbocycles. The van der Waals surface area contributed by atoms with Crippen LogP contribution in [0.4, 0.5) is 4.79 Å². The predicted octanol–water partition coefficient (Wildman–Crippen LogP) is 2.94. The summed E-state index contributed by atoms with van der Waals surface area (Å²) in [4.78, 5) is 16.5. The Morgan fingerprint density at radius 3 is 2.62 bits per heavy atom. The first-order valence-electron chi connectivity index (χ1n) is 8.83. The molecule has 0 bridgehead atoms. The highest BCUT2D eigenvalue weighted by molar-refractivity contribution is 5.74. The zero-order valence-corrected chi connectivity index (χ0v) is 16.0. The molecule has 1 heterocycles. The molecule has 1 aliphatic rings. The fraction of sp³-hybridized carbons (Fsp3) is 0.778. The van der Waals surface area contributed by atoms with Crippen LogP contribution in [0.5, 0.6) is 0 Å². The second kappa shape index (κ2) is 7.55. The van der Waals surface area contributed by atoms with Crippen LogP contribution in [0.15, 0.2) is 4.52 Å². The Morgan fingerprint density at radius 2 is 2.08 bits per heavy atom. The fourth-order valence-electron chi connectivity index (χ4n) is 3.77. The summed E-state index contributed by atoms with van der Waals surface area (Å²) in [5, 5.41) is 7.09. The molecule has 2 atom stereocenters. The van der Waals surface area contributed by atoms with E-state index >= 15 is 0 Å². The Balaban J connectivity index is 1.95. The lowest BCUT2D eigenvalue weighted by Crippen LogP contribution is -2.56. The Bertz CT molecular complexity index is 550. The van der Waals surface area contributed by atoms with E-state index in [0.717, 1.165) is 29.9 Å². The van der Waals surface area contributed by atoms with Gasteiger partial charge in [0.05, 0.1) is 12.2 Å². The van der Waals surface area contributed by atoms with Crippen molar-refractivity contribution in [3.05, 3.63) is 17.0 Å². The molecule has 1 N–H and O–H groups in total. The summed E-state index contributed by atoms with van der Waals surface area (Å²) in [6, 6.07) is -0.0468. The molecule has 136 valence electrons. The fourth-order valence-corrected chi connectivity index (χ4v) is 3.77. The highest BCUT2D eigenvalue weighted by Crippen LogP contribution is 2.35. The molecular weight excluding hydrogens is 304 g/mol. The van der Waals surface area contributed by atoms with Gasteiger partial charge in [-0.05, 0) is 46.7 Å². The highest BCUT2D eigenvalue weighted by atomic mass is 16.5. The van der Waals surface area contributed by atoms with Crippen molar-refractivity contribution >= 4 is 6.03 Å². The van der Waals surface area contributed by atoms with E-state index in [2.05, 4.69) is 36.4 Å². The van der Waals surface area contributed by atoms with Gasteiger partial charge in [0.2, 0.25) is 0 Å². The Labute approximate surface area is 145 Å². The second-order valence-electron chi connectivity index (χ2n) is 7.64. The normalized spacial score (nSPS) is 24.2. The lowest BCUT2D eigenvalue weighted by Gasteiger charge is -2.45. The minimum absolute atomic E-state index is 0.0468. The van der Waals surface area contributed by atoms with Gasteiger partial charge in [-0.2, -0.15) is 0 Å². The van der Waals surface area contributed by atoms with Crippen LogP contribution in [0.3, 0.4) is 0 Å². The van der Waals surface area contributed by atoms with Crippen LogP contribution in [-0.4, -0.2) is 54.2 Å². The summed E-state index contributed by atoms with van der Waals surface area (Å²) < 4.78 is 5.18. The third-order valence-electron chi connectivity index (χ3n) is 5.51. The van der Waals surface area contributed by atoms with Crippen LogP contribution in [0.25, 0.3) is 0 Å². The Kier molecular flexibility index (Phi) is 5.91. The minimum atomic E-state index is -0.0468. The number of rotatable bonds is 5. The quantitative estimate of drug-likeness (QED) is 0.898. The first-order chi connectivity index (χ1) is 11.2. The summed E-state index contributed by atoms with van der Waals surface area (Å²) in [6.07, 6.45) is 4.78. The Hall–Kier alpha value is -1.56. The molecular formula is C18H32N4O2. The zero-order valence-electron chi connectivity index (χ0n) is 16.0. The molecule has 1 fully saturated rings. The van der Waals surface area contributed by atoms with E-state index in [1.54, 1.807) is 4.90 Å². The number of aromatic nitrogens is 1. The number of carbonyl (C=O) groups excluding carboxylic acids is 1. The monoisotopic (exact) mass is 336 g/mol. The van der Waals surface area contributed by atoms with E-state index in [9.17, 15) is 4.79 Å². The molecule has 6 nitrogen and oxygen atoms in total. The number of likely N-dealkylation sites (N-methyl/N-ethyl adjacent to an activating group) is 1. The molecule has 0 radical (unpaired) electrons. The lowest BCUT2D eigenvalue weighted by atomic mass is 9.75. The number of nitrogens with zero attached hydrogens (tertiary/aromatic N) is 3. The molecule has 6 heteroatoms. The maximum Gasteiger partial charge on any atom is 0.317 e. The summed E-state index contributed by atoms with van der Waals surface area (Å²) in [5.74, 6) is 1.48. The maximum absolute atomic E-state index is 12.5. The summed E-state index contributed by atoms with van der Waals surface area (Å²) in [5.41, 5.74) is 1.90. The van der Waals surface area contributed by atoms with Crippen LogP contribution in [0, 0.1) is 19.8 Å². The van der Waals surface area contributed by atoms with Gasteiger partial charge in [-0.3, -0.25) is 0 Å². The van der Waals surface area contributed by atoms with Gasteiger partial charge in [-0.25, -0.2) is 4.79 Å². The van der Waals surface area contributed by atoms with Crippen LogP contribution in [-0.2, 0) is 6.54 Å². The SMILES string of the molecule is Cc1noc(C)c1CN(C)C(=O)NCC1(N(C)C)CCCC(C)C1. The first-order valence-corrected chi connectivity index (χ1v) is 8.83. The van der Waals surface area contributed by atoms with Gasteiger partial charge in [-0.1, -0.05) is 24.9 Å². The van der Waals surface area contributed by atoms with E-state index in [-0.39, 0.29) is 11.6 Å². The molecule has 0 saturated heterocycles. The third-order valence-corrected chi connectivity index (χ3v) is 5.51. The number of aryl methyl sites for hydroxylation is 2. The van der Waals surface area contributed by atoms with Gasteiger partial charge in [0.15, 0.2) is 0 Å². The minimum Gasteiger partial charge on any atom is -0.361 e. The van der Waals surface area contributed by atoms with Gasteiger partial charge >= 0.3 is 6.03 Å². The van der Waals surface area contributed by atoms with Gasteiger partial charge in [0.25, 0.3) is 0 Å². The highest BCUT2D eigenvalue weighted by Gasteiger charge is 2.37. The van der Waals surface area contributed by atoms with Gasteiger partial charge in [-0.15, -0.1) is 0 Å². The number of carbonyl (C=O) groups is 1. The standard InChI is InChI=1S/C18H32N4O2/c1-13-8-7-9-18(10-13,21(4)5)12-19-17(23)22(6)11-16-14(2)20-24-15(16)3/h13H,7-12H2,1-6H3,(H,19,23). The van der Waals surface area contributed by atoms with E-state index in [1.807, 2.05) is 20.9 Å². The number of urea groups is 1. The molecule has 0 aliphatic heterocycles. The molecule has 0 aromatic carbocycles. The Morgan fingerprint density at radius 1 is 1.38 bits per heavy atom. The van der Waals surface area contributed by atoms with Crippen molar-refractivity contribution in [1.82, 2.24) is 20.3 Å². The maximum atomic E-state index is 12.5. The smallest absolute Gasteiger partial charge is 0.317 e. The van der Waals surface area contributed by atoms with Gasteiger partial charge in [0.1, 0.15) is 5.76 Å². The third kappa shape index (κ3) is 4.09. The van der Waals surface area contributed by atoms with Crippen LogP contribution in [0.1, 0.15) is 49.6 Å². The summed E-state index contributed by atoms with van der Waals surface area (Å²) in [7, 11) is 6.06. The van der Waals surface area contributed by atoms with E-state index in [0.29, 0.717) is 19.0 Å². The topological polar surface area (TPSA) is 61.6 Å². The van der Waals surface area contributed by atoms with Crippen LogP contribution in [0.2, 0.25) is 0 Å². The average molecular weight is 336 g/mol. The molecule has 24 heavy (non-hydrogen) atoms. The summed E-state index contributed by atoms with van der Waals surface area (Å²) in [6.45, 7) is 7.30. The van der Waals surface area contributed by atoms with Crippen molar-refractivity contribution < 1.29 is 9.32 Å². The van der Waals surface area contributed by atoms with Crippen molar-refractivity contribution in [3.8, 4) is 0 Å². The van der Waals surface area contributed by atoms with Crippen molar-refractivity contribution in [3.63, 3.8) is 0 Å². The van der Waals surface area contributed by atoms with Gasteiger partial charge in [0, 0.05) is 24.7 Å². The number of hydrogen-bond donors (Lipinski definition) is 1. The van der Waals surface area contributed by atoms with E-state index < -0.39 is 0 Å². The molecule has 1 aromatic rings. The van der Waals surface area contributed by atoms with Crippen LogP contribution >= 0.6 is 0 Å². The van der Waals surface area contributed by atoms with Crippen molar-refractivity contribution in [2.75, 3.05) is 27.7 Å². The molecule has 1 aromatic heterocycles. The van der Waals surface area contributed by atoms with E-state index in [1.165, 1.54) is 12.8 Å². The molecule has 0 spiro atoms. The van der Waals surface area contributed by atoms with Gasteiger partial charge < -0.3 is 19.6 Å². The average Bonchev–Trinajstić information content (AvgIpc) is 2.84. The number of hydrogen-bond acceptors (Lipinski definition) is 4. The molecule has 1 saturated carbocycles. The molecule has 2 unspecified atom stereocenters.